The molecule has 2 aliphatic rings. The Labute approximate surface area is 162 Å². The van der Waals surface area contributed by atoms with Gasteiger partial charge in [0.15, 0.2) is 17.0 Å². The summed E-state index contributed by atoms with van der Waals surface area (Å²) < 4.78 is 27.5. The molecule has 1 aromatic rings. The van der Waals surface area contributed by atoms with Gasteiger partial charge in [-0.3, -0.25) is 4.90 Å². The zero-order chi connectivity index (χ0) is 20.5. The number of nitriles is 3. The highest BCUT2D eigenvalue weighted by Gasteiger charge is 2.54. The molecule has 0 radical (unpaired) electrons. The number of fused-ring (bicyclic) bond motifs is 1. The number of halogens is 2. The van der Waals surface area contributed by atoms with Crippen molar-refractivity contribution in [2.45, 2.75) is 19.3 Å². The number of hydrogen-bond acceptors (Lipinski definition) is 5. The third kappa shape index (κ3) is 2.83. The van der Waals surface area contributed by atoms with Crippen LogP contribution in [0.5, 0.6) is 0 Å². The number of hydrogen-bond donors (Lipinski definition) is 1. The molecule has 2 atom stereocenters. The Hall–Kier alpha value is -3.21. The molecule has 1 aromatic carbocycles. The predicted molar refractivity (Wildman–Crippen MR) is 97.9 cm³/mol. The van der Waals surface area contributed by atoms with Crippen molar-refractivity contribution in [3.05, 3.63) is 58.3 Å². The maximum atomic E-state index is 14.0. The van der Waals surface area contributed by atoms with Gasteiger partial charge in [0.05, 0.1) is 23.4 Å². The molecule has 0 amide bonds. The third-order valence-electron chi connectivity index (χ3n) is 5.58. The van der Waals surface area contributed by atoms with Crippen LogP contribution >= 0.6 is 0 Å². The van der Waals surface area contributed by atoms with E-state index in [0.29, 0.717) is 24.2 Å². The molecule has 28 heavy (non-hydrogen) atoms. The largest absolute Gasteiger partial charge is 0.399 e. The molecule has 5 nitrogen and oxygen atoms in total. The summed E-state index contributed by atoms with van der Waals surface area (Å²) >= 11 is 0. The van der Waals surface area contributed by atoms with Crippen molar-refractivity contribution in [1.29, 1.82) is 15.8 Å². The normalized spacial score (nSPS) is 23.8. The molecule has 0 aromatic heterocycles. The van der Waals surface area contributed by atoms with E-state index in [9.17, 15) is 24.6 Å². The van der Waals surface area contributed by atoms with Crippen molar-refractivity contribution in [3.63, 3.8) is 0 Å². The average Bonchev–Trinajstić information content (AvgIpc) is 2.70. The molecular weight excluding hydrogens is 360 g/mol. The molecule has 0 fully saturated rings. The van der Waals surface area contributed by atoms with Gasteiger partial charge in [0.25, 0.3) is 0 Å². The SMILES string of the molecule is CCCN1CC=C2C(C#N)=C(N)C(C#N)(C#N)[C@@H](c3ccc(F)c(F)c3)[C@@H]2C1. The molecule has 1 aliphatic heterocycles. The highest BCUT2D eigenvalue weighted by Crippen LogP contribution is 2.54. The first-order chi connectivity index (χ1) is 13.4. The van der Waals surface area contributed by atoms with Crippen LogP contribution in [0.4, 0.5) is 8.78 Å². The lowest BCUT2D eigenvalue weighted by Gasteiger charge is -2.45. The first kappa shape index (κ1) is 19.5. The van der Waals surface area contributed by atoms with Gasteiger partial charge in [0.1, 0.15) is 6.07 Å². The highest BCUT2D eigenvalue weighted by atomic mass is 19.2. The Balaban J connectivity index is 2.28. The van der Waals surface area contributed by atoms with Crippen LogP contribution in [0.2, 0.25) is 0 Å². The van der Waals surface area contributed by atoms with Gasteiger partial charge in [-0.1, -0.05) is 19.1 Å². The molecule has 3 rings (SSSR count). The maximum Gasteiger partial charge on any atom is 0.191 e. The fourth-order valence-corrected chi connectivity index (χ4v) is 4.32. The van der Waals surface area contributed by atoms with E-state index >= 15 is 0 Å². The summed E-state index contributed by atoms with van der Waals surface area (Å²) in [7, 11) is 0. The zero-order valence-electron chi connectivity index (χ0n) is 15.4. The van der Waals surface area contributed by atoms with Gasteiger partial charge >= 0.3 is 0 Å². The molecule has 142 valence electrons. The van der Waals surface area contributed by atoms with Crippen LogP contribution in [0.1, 0.15) is 24.8 Å². The maximum absolute atomic E-state index is 14.0. The summed E-state index contributed by atoms with van der Waals surface area (Å²) in [5, 5.41) is 29.5. The minimum absolute atomic E-state index is 0.124. The Morgan fingerprint density at radius 1 is 1.21 bits per heavy atom. The Kier molecular flexibility index (Phi) is 5.18. The first-order valence-electron chi connectivity index (χ1n) is 9.04. The summed E-state index contributed by atoms with van der Waals surface area (Å²) in [4.78, 5) is 2.15. The van der Waals surface area contributed by atoms with Crippen LogP contribution in [0, 0.1) is 57.0 Å². The van der Waals surface area contributed by atoms with Crippen molar-refractivity contribution >= 4 is 0 Å². The average molecular weight is 379 g/mol. The fraction of sp³-hybridized carbons (Fsp3) is 0.381. The van der Waals surface area contributed by atoms with Gasteiger partial charge in [0, 0.05) is 24.9 Å². The van der Waals surface area contributed by atoms with Crippen LogP contribution in [0.3, 0.4) is 0 Å². The molecule has 0 bridgehead atoms. The molecule has 0 spiro atoms. The van der Waals surface area contributed by atoms with Crippen LogP contribution in [0.15, 0.2) is 41.1 Å². The van der Waals surface area contributed by atoms with Gasteiger partial charge in [0.2, 0.25) is 0 Å². The van der Waals surface area contributed by atoms with E-state index in [1.807, 2.05) is 31.2 Å². The summed E-state index contributed by atoms with van der Waals surface area (Å²) in [6, 6.07) is 9.41. The monoisotopic (exact) mass is 379 g/mol. The first-order valence-corrected chi connectivity index (χ1v) is 9.04. The van der Waals surface area contributed by atoms with E-state index in [2.05, 4.69) is 4.90 Å². The standard InChI is InChI=1S/C21H19F2N5/c1-2-6-28-7-5-14-15(9-24)20(27)21(11-25,12-26)19(16(14)10-28)13-3-4-17(22)18(23)8-13/h3-5,8,16,19H,2,6-7,10,27H2,1H3/t16-,19+/m1/s1. The van der Waals surface area contributed by atoms with Crippen molar-refractivity contribution < 1.29 is 8.78 Å². The van der Waals surface area contributed by atoms with Crippen molar-refractivity contribution in [2.24, 2.45) is 17.1 Å². The minimum Gasteiger partial charge on any atom is -0.399 e. The molecule has 2 N–H and O–H groups in total. The van der Waals surface area contributed by atoms with Crippen LogP contribution < -0.4 is 5.73 Å². The summed E-state index contributed by atoms with van der Waals surface area (Å²) in [6.45, 7) is 3.96. The van der Waals surface area contributed by atoms with E-state index in [1.54, 1.807) is 0 Å². The predicted octanol–water partition coefficient (Wildman–Crippen LogP) is 3.10. The molecule has 0 saturated heterocycles. The summed E-state index contributed by atoms with van der Waals surface area (Å²) in [6.07, 6.45) is 2.80. The number of rotatable bonds is 3. The summed E-state index contributed by atoms with van der Waals surface area (Å²) in [5.74, 6) is -3.29. The molecule has 0 unspecified atom stereocenters. The van der Waals surface area contributed by atoms with Gasteiger partial charge in [-0.05, 0) is 36.2 Å². The Bertz CT molecular complexity index is 976. The molecule has 0 saturated carbocycles. The topological polar surface area (TPSA) is 101 Å². The van der Waals surface area contributed by atoms with E-state index < -0.39 is 28.9 Å². The van der Waals surface area contributed by atoms with E-state index in [0.717, 1.165) is 25.1 Å². The lowest BCUT2D eigenvalue weighted by molar-refractivity contribution is 0.207. The Morgan fingerprint density at radius 3 is 2.50 bits per heavy atom. The lowest BCUT2D eigenvalue weighted by atomic mass is 9.58. The summed E-state index contributed by atoms with van der Waals surface area (Å²) in [5.41, 5.74) is 5.34. The van der Waals surface area contributed by atoms with Crippen molar-refractivity contribution in [2.75, 3.05) is 19.6 Å². The van der Waals surface area contributed by atoms with Crippen LogP contribution in [-0.2, 0) is 0 Å². The third-order valence-corrected chi connectivity index (χ3v) is 5.58. The number of nitrogens with two attached hydrogens (primary N) is 1. The van der Waals surface area contributed by atoms with Crippen molar-refractivity contribution in [3.8, 4) is 18.2 Å². The van der Waals surface area contributed by atoms with Gasteiger partial charge in [-0.25, -0.2) is 8.78 Å². The van der Waals surface area contributed by atoms with E-state index in [4.69, 9.17) is 5.73 Å². The van der Waals surface area contributed by atoms with Crippen molar-refractivity contribution in [1.82, 2.24) is 4.90 Å². The number of allylic oxidation sites excluding steroid dienone is 2. The van der Waals surface area contributed by atoms with E-state index in [1.165, 1.54) is 6.07 Å². The second-order valence-electron chi connectivity index (χ2n) is 7.11. The molecule has 7 heteroatoms. The van der Waals surface area contributed by atoms with Gasteiger partial charge in [-0.15, -0.1) is 0 Å². The Morgan fingerprint density at radius 2 is 1.93 bits per heavy atom. The lowest BCUT2D eigenvalue weighted by Crippen LogP contribution is -2.48. The highest BCUT2D eigenvalue weighted by molar-refractivity contribution is 5.59. The fourth-order valence-electron chi connectivity index (χ4n) is 4.32. The quantitative estimate of drug-likeness (QED) is 0.870. The second-order valence-corrected chi connectivity index (χ2v) is 7.11. The van der Waals surface area contributed by atoms with E-state index in [-0.39, 0.29) is 11.3 Å². The second kappa shape index (κ2) is 7.43. The van der Waals surface area contributed by atoms with Gasteiger partial charge in [-0.2, -0.15) is 15.8 Å². The zero-order valence-corrected chi connectivity index (χ0v) is 15.4. The van der Waals surface area contributed by atoms with Crippen LogP contribution in [-0.4, -0.2) is 24.5 Å². The number of benzene rings is 1. The molecule has 1 heterocycles. The van der Waals surface area contributed by atoms with Gasteiger partial charge < -0.3 is 5.73 Å². The minimum atomic E-state index is -1.84. The number of nitrogens with zero attached hydrogens (tertiary/aromatic N) is 4. The molecule has 1 aliphatic carbocycles. The van der Waals surface area contributed by atoms with Crippen LogP contribution in [0.25, 0.3) is 0 Å². The molecular formula is C21H19F2N5. The smallest absolute Gasteiger partial charge is 0.191 e.